The van der Waals surface area contributed by atoms with Crippen molar-refractivity contribution in [2.75, 3.05) is 0 Å². The van der Waals surface area contributed by atoms with Gasteiger partial charge in [0.2, 0.25) is 0 Å². The minimum Gasteiger partial charge on any atom is -1.00 e. The Labute approximate surface area is 114 Å². The van der Waals surface area contributed by atoms with Crippen LogP contribution in [0.15, 0.2) is 41.6 Å². The molecule has 0 atom stereocenters. The smallest absolute Gasteiger partial charge is 1.00 e. The largest absolute Gasteiger partial charge is 1.00 e. The van der Waals surface area contributed by atoms with Gasteiger partial charge in [-0.25, -0.2) is 0 Å². The van der Waals surface area contributed by atoms with Crippen LogP contribution in [0.2, 0.25) is 0 Å². The first-order chi connectivity index (χ1) is 7.44. The van der Waals surface area contributed by atoms with Crippen molar-refractivity contribution in [2.24, 2.45) is 5.41 Å². The summed E-state index contributed by atoms with van der Waals surface area (Å²) in [5.74, 6) is 0. The molecule has 0 spiro atoms. The van der Waals surface area contributed by atoms with Crippen molar-refractivity contribution in [2.45, 2.75) is 41.0 Å². The standard InChI is InChI=1S/C10H15.C5H5.Hf.2H/c1-7-6-10(4,5)9(3)8(7)2;1-2-4-5-3-1;;;/h1-5H3;1-3H,4H2;;;/q;;+2;2*-1. The second kappa shape index (κ2) is 4.25. The maximum atomic E-state index is 2.41. The van der Waals surface area contributed by atoms with Gasteiger partial charge in [-0.15, -0.1) is 0 Å². The summed E-state index contributed by atoms with van der Waals surface area (Å²) in [5, 5.41) is 0. The van der Waals surface area contributed by atoms with Crippen LogP contribution >= 0.6 is 0 Å². The summed E-state index contributed by atoms with van der Waals surface area (Å²) in [4.78, 5) is 0. The normalized spacial score (nSPS) is 22.9. The van der Waals surface area contributed by atoms with Gasteiger partial charge in [-0.05, 0) is 0 Å². The molecule has 0 unspecified atom stereocenters. The first-order valence-corrected chi connectivity index (χ1v) is 9.56. The summed E-state index contributed by atoms with van der Waals surface area (Å²) in [6.45, 7) is 11.8. The van der Waals surface area contributed by atoms with Gasteiger partial charge in [-0.2, -0.15) is 0 Å². The molecule has 0 aliphatic heterocycles. The molecule has 16 heavy (non-hydrogen) atoms. The molecule has 0 fully saturated rings. The van der Waals surface area contributed by atoms with E-state index in [1.54, 1.807) is 20.0 Å². The fourth-order valence-corrected chi connectivity index (χ4v) is 8.28. The van der Waals surface area contributed by atoms with Gasteiger partial charge >= 0.3 is 111 Å². The molecule has 0 heterocycles. The molecule has 0 radical (unpaired) electrons. The molecule has 2 aliphatic carbocycles. The molecular formula is C15H22Hf. The van der Waals surface area contributed by atoms with E-state index in [1.165, 1.54) is 6.42 Å². The summed E-state index contributed by atoms with van der Waals surface area (Å²) < 4.78 is 3.57. The fraction of sp³-hybridized carbons (Fsp3) is 0.467. The quantitative estimate of drug-likeness (QED) is 0.604. The third kappa shape index (κ3) is 1.88. The van der Waals surface area contributed by atoms with Crippen molar-refractivity contribution >= 4 is 0 Å². The van der Waals surface area contributed by atoms with Gasteiger partial charge in [0.1, 0.15) is 0 Å². The molecule has 0 nitrogen and oxygen atoms in total. The van der Waals surface area contributed by atoms with Gasteiger partial charge in [-0.1, -0.05) is 0 Å². The van der Waals surface area contributed by atoms with Gasteiger partial charge in [0.25, 0.3) is 0 Å². The van der Waals surface area contributed by atoms with Gasteiger partial charge in [0.05, 0.1) is 0 Å². The molecule has 2 rings (SSSR count). The molecule has 0 bridgehead atoms. The molecule has 0 N–H and O–H groups in total. The second-order valence-electron chi connectivity index (χ2n) is 5.32. The molecule has 0 amide bonds. The van der Waals surface area contributed by atoms with Gasteiger partial charge in [-0.3, -0.25) is 0 Å². The van der Waals surface area contributed by atoms with Crippen molar-refractivity contribution < 1.29 is 25.8 Å². The first kappa shape index (κ1) is 12.3. The van der Waals surface area contributed by atoms with Crippen LogP contribution in [0.25, 0.3) is 0 Å². The predicted molar refractivity (Wildman–Crippen MR) is 68.9 cm³/mol. The summed E-state index contributed by atoms with van der Waals surface area (Å²) in [5.41, 5.74) is 5.11. The zero-order valence-corrected chi connectivity index (χ0v) is 14.5. The van der Waals surface area contributed by atoms with Crippen molar-refractivity contribution in [1.29, 1.82) is 0 Å². The van der Waals surface area contributed by atoms with Crippen LogP contribution in [-0.4, -0.2) is 0 Å². The van der Waals surface area contributed by atoms with Crippen LogP contribution in [0.5, 0.6) is 0 Å². The zero-order chi connectivity index (χ0) is 11.9. The Hall–Kier alpha value is -0.170. The van der Waals surface area contributed by atoms with E-state index in [9.17, 15) is 0 Å². The molecule has 0 aromatic carbocycles. The molecule has 0 aromatic rings. The van der Waals surface area contributed by atoms with Crippen LogP contribution in [0.1, 0.15) is 43.9 Å². The van der Waals surface area contributed by atoms with E-state index >= 15 is 0 Å². The Morgan fingerprint density at radius 2 is 1.88 bits per heavy atom. The Morgan fingerprint density at radius 3 is 2.31 bits per heavy atom. The average molecular weight is 381 g/mol. The maximum Gasteiger partial charge on any atom is -1.00 e. The second-order valence-corrected chi connectivity index (χ2v) is 10.3. The fourth-order valence-electron chi connectivity index (χ4n) is 2.54. The van der Waals surface area contributed by atoms with Crippen molar-refractivity contribution in [1.82, 2.24) is 0 Å². The van der Waals surface area contributed by atoms with E-state index in [-0.39, 0.29) is 2.85 Å². The SMILES string of the molecule is CC1=C(C)C(C)(C)[C]([Hf+2][C]2=CC=CC2)=C1C.[H-].[H-]. The van der Waals surface area contributed by atoms with Crippen LogP contribution in [0.4, 0.5) is 0 Å². The van der Waals surface area contributed by atoms with Crippen molar-refractivity contribution in [3.8, 4) is 0 Å². The Balaban J connectivity index is 0.00000144. The van der Waals surface area contributed by atoms with Crippen LogP contribution in [0, 0.1) is 5.41 Å². The molecule has 86 valence electrons. The number of allylic oxidation sites excluding steroid dienone is 8. The van der Waals surface area contributed by atoms with Gasteiger partial charge in [0.15, 0.2) is 0 Å². The average Bonchev–Trinajstić information content (AvgIpc) is 2.78. The van der Waals surface area contributed by atoms with Crippen molar-refractivity contribution in [3.63, 3.8) is 0 Å². The summed E-state index contributed by atoms with van der Waals surface area (Å²) in [6, 6.07) is 0. The van der Waals surface area contributed by atoms with E-state index in [1.807, 2.05) is 3.33 Å². The molecule has 0 saturated carbocycles. The third-order valence-electron chi connectivity index (χ3n) is 4.12. The Kier molecular flexibility index (Phi) is 3.27. The van der Waals surface area contributed by atoms with Gasteiger partial charge in [0, 0.05) is 0 Å². The third-order valence-corrected chi connectivity index (χ3v) is 11.1. The van der Waals surface area contributed by atoms with Crippen LogP contribution in [0.3, 0.4) is 0 Å². The zero-order valence-electron chi connectivity index (χ0n) is 12.9. The van der Waals surface area contributed by atoms with Gasteiger partial charge < -0.3 is 2.85 Å². The predicted octanol–water partition coefficient (Wildman–Crippen LogP) is 4.79. The number of rotatable bonds is 2. The first-order valence-electron chi connectivity index (χ1n) is 5.97. The van der Waals surface area contributed by atoms with Crippen LogP contribution in [-0.2, 0) is 22.9 Å². The Morgan fingerprint density at radius 1 is 1.19 bits per heavy atom. The topological polar surface area (TPSA) is 0 Å². The summed E-state index contributed by atoms with van der Waals surface area (Å²) in [7, 11) is 0. The monoisotopic (exact) mass is 382 g/mol. The summed E-state index contributed by atoms with van der Waals surface area (Å²) in [6.07, 6.45) is 8.12. The number of hydrogen-bond acceptors (Lipinski definition) is 0. The van der Waals surface area contributed by atoms with E-state index in [0.717, 1.165) is 0 Å². The van der Waals surface area contributed by atoms with Crippen molar-refractivity contribution in [3.05, 3.63) is 41.6 Å². The van der Waals surface area contributed by atoms with E-state index in [2.05, 4.69) is 52.8 Å². The molecule has 1 heteroatoms. The minimum atomic E-state index is -0.762. The van der Waals surface area contributed by atoms with Crippen LogP contribution < -0.4 is 0 Å². The molecule has 2 aliphatic rings. The van der Waals surface area contributed by atoms with E-state index in [0.29, 0.717) is 5.41 Å². The maximum absolute atomic E-state index is 2.41. The number of hydrogen-bond donors (Lipinski definition) is 0. The summed E-state index contributed by atoms with van der Waals surface area (Å²) >= 11 is -0.762. The van der Waals surface area contributed by atoms with E-state index in [4.69, 9.17) is 0 Å². The minimum absolute atomic E-state index is 0. The van der Waals surface area contributed by atoms with E-state index < -0.39 is 22.9 Å². The molecule has 0 saturated heterocycles. The molecule has 0 aromatic heterocycles. The molecular weight excluding hydrogens is 359 g/mol. The Bertz CT molecular complexity index is 451.